The van der Waals surface area contributed by atoms with Gasteiger partial charge in [-0.2, -0.15) is 0 Å². The Kier molecular flexibility index (Phi) is 18.7. The molecule has 0 bridgehead atoms. The van der Waals surface area contributed by atoms with E-state index < -0.39 is 0 Å². The van der Waals surface area contributed by atoms with Crippen LogP contribution >= 0.6 is 34.0 Å². The molecule has 0 unspecified atom stereocenters. The van der Waals surface area contributed by atoms with Crippen LogP contribution in [0.4, 0.5) is 0 Å². The molecule has 0 aliphatic heterocycles. The van der Waals surface area contributed by atoms with Crippen molar-refractivity contribution in [1.29, 1.82) is 0 Å². The first-order valence-electron chi connectivity index (χ1n) is 20.5. The van der Waals surface area contributed by atoms with Crippen molar-refractivity contribution < 1.29 is 23.7 Å². The molecule has 6 aromatic rings. The molecule has 8 heteroatoms. The van der Waals surface area contributed by atoms with Gasteiger partial charge in [-0.1, -0.05) is 110 Å². The molecule has 3 aromatic carbocycles. The summed E-state index contributed by atoms with van der Waals surface area (Å²) in [7, 11) is 0. The highest BCUT2D eigenvalue weighted by Crippen LogP contribution is 2.38. The number of hydrogen-bond acceptors (Lipinski definition) is 8. The second-order valence-corrected chi connectivity index (χ2v) is 17.2. The maximum Gasteiger partial charge on any atom is 0.0701 e. The zero-order chi connectivity index (χ0) is 40.0. The van der Waals surface area contributed by atoms with Gasteiger partial charge in [-0.25, -0.2) is 0 Å². The summed E-state index contributed by atoms with van der Waals surface area (Å²) >= 11 is 5.54. The van der Waals surface area contributed by atoms with E-state index in [4.69, 9.17) is 23.7 Å². The molecule has 0 saturated carbocycles. The fraction of sp³-hybridized carbons (Fsp3) is 0.320. The van der Waals surface area contributed by atoms with Gasteiger partial charge in [0.15, 0.2) is 0 Å². The molecule has 0 spiro atoms. The van der Waals surface area contributed by atoms with Gasteiger partial charge in [0, 0.05) is 55.3 Å². The third-order valence-corrected chi connectivity index (χ3v) is 13.1. The van der Waals surface area contributed by atoms with Gasteiger partial charge in [-0.3, -0.25) is 0 Å². The largest absolute Gasteiger partial charge is 0.379 e. The quantitative estimate of drug-likeness (QED) is 0.0402. The Morgan fingerprint density at radius 1 is 0.362 bits per heavy atom. The van der Waals surface area contributed by atoms with Gasteiger partial charge < -0.3 is 23.7 Å². The summed E-state index contributed by atoms with van der Waals surface area (Å²) in [6, 6.07) is 39.7. The van der Waals surface area contributed by atoms with E-state index in [1.54, 1.807) is 0 Å². The predicted molar refractivity (Wildman–Crippen MR) is 249 cm³/mol. The van der Waals surface area contributed by atoms with E-state index in [0.29, 0.717) is 46.2 Å². The van der Waals surface area contributed by atoms with Crippen LogP contribution in [-0.2, 0) is 36.5 Å². The van der Waals surface area contributed by atoms with Crippen LogP contribution in [0.3, 0.4) is 0 Å². The number of benzene rings is 3. The van der Waals surface area contributed by atoms with Crippen molar-refractivity contribution in [3.63, 3.8) is 0 Å². The number of hydrogen-bond donors (Lipinski definition) is 0. The molecule has 3 heterocycles. The molecule has 0 atom stereocenters. The molecule has 0 radical (unpaired) electrons. The third-order valence-electron chi connectivity index (χ3n) is 9.38. The molecule has 0 saturated heterocycles. The first-order chi connectivity index (χ1) is 28.7. The van der Waals surface area contributed by atoms with Crippen molar-refractivity contribution in [3.8, 4) is 30.6 Å². The van der Waals surface area contributed by atoms with E-state index in [1.165, 1.54) is 62.6 Å². The van der Waals surface area contributed by atoms with Crippen LogP contribution in [0.2, 0.25) is 0 Å². The average Bonchev–Trinajstić information content (AvgIpc) is 4.06. The summed E-state index contributed by atoms with van der Waals surface area (Å²) in [5.74, 6) is 0. The first kappa shape index (κ1) is 43.6. The Labute approximate surface area is 357 Å². The van der Waals surface area contributed by atoms with E-state index in [1.807, 2.05) is 40.9 Å². The molecule has 5 nitrogen and oxygen atoms in total. The second kappa shape index (κ2) is 24.8. The number of rotatable bonds is 26. The van der Waals surface area contributed by atoms with Gasteiger partial charge in [0.05, 0.1) is 52.9 Å². The normalized spacial score (nSPS) is 11.8. The summed E-state index contributed by atoms with van der Waals surface area (Å²) in [6.07, 6.45) is 12.8. The monoisotopic (exact) mass is 832 g/mol. The van der Waals surface area contributed by atoms with Gasteiger partial charge in [0.2, 0.25) is 0 Å². The topological polar surface area (TPSA) is 46.2 Å². The Hall–Kier alpha value is -3.96. The minimum atomic E-state index is 0.606. The SMILES string of the molecule is CCCCOCCOCCc1ccc(-c2ccc(C=Cc3ccc(C=Cc4ccc(-c5ccc(-c6ccc(CCOCCOCCOCC)s6)s5)cc4)cc3)cc2)s1. The highest BCUT2D eigenvalue weighted by Gasteiger charge is 2.09. The molecular formula is C50H56O5S3. The van der Waals surface area contributed by atoms with Crippen LogP contribution in [0.1, 0.15) is 58.7 Å². The lowest BCUT2D eigenvalue weighted by molar-refractivity contribution is 0.0176. The summed E-state index contributed by atoms with van der Waals surface area (Å²) in [5.41, 5.74) is 7.21. The Morgan fingerprint density at radius 2 is 0.724 bits per heavy atom. The van der Waals surface area contributed by atoms with Crippen LogP contribution in [0, 0.1) is 0 Å². The fourth-order valence-electron chi connectivity index (χ4n) is 6.06. The van der Waals surface area contributed by atoms with Gasteiger partial charge in [0.1, 0.15) is 0 Å². The lowest BCUT2D eigenvalue weighted by Crippen LogP contribution is -2.10. The Bertz CT molecular complexity index is 2090. The maximum atomic E-state index is 5.76. The average molecular weight is 833 g/mol. The molecule has 0 aliphatic rings. The van der Waals surface area contributed by atoms with Crippen molar-refractivity contribution in [2.45, 2.75) is 39.5 Å². The molecule has 3 aromatic heterocycles. The van der Waals surface area contributed by atoms with Crippen molar-refractivity contribution in [1.82, 2.24) is 0 Å². The molecule has 0 fully saturated rings. The highest BCUT2D eigenvalue weighted by molar-refractivity contribution is 7.23. The van der Waals surface area contributed by atoms with Gasteiger partial charge in [-0.15, -0.1) is 34.0 Å². The van der Waals surface area contributed by atoms with Crippen LogP contribution in [0.15, 0.2) is 109 Å². The molecule has 58 heavy (non-hydrogen) atoms. The first-order valence-corrected chi connectivity index (χ1v) is 22.9. The maximum absolute atomic E-state index is 5.76. The van der Waals surface area contributed by atoms with E-state index in [2.05, 4.69) is 140 Å². The van der Waals surface area contributed by atoms with E-state index >= 15 is 0 Å². The van der Waals surface area contributed by atoms with E-state index in [-0.39, 0.29) is 0 Å². The molecule has 0 amide bonds. The summed E-state index contributed by atoms with van der Waals surface area (Å²) in [4.78, 5) is 7.87. The van der Waals surface area contributed by atoms with Crippen molar-refractivity contribution in [3.05, 3.63) is 141 Å². The third kappa shape index (κ3) is 14.7. The zero-order valence-corrected chi connectivity index (χ0v) is 36.3. The molecule has 304 valence electrons. The van der Waals surface area contributed by atoms with Gasteiger partial charge in [0.25, 0.3) is 0 Å². The van der Waals surface area contributed by atoms with Crippen LogP contribution in [0.25, 0.3) is 54.9 Å². The summed E-state index contributed by atoms with van der Waals surface area (Å²) in [5, 5.41) is 0. The van der Waals surface area contributed by atoms with Crippen LogP contribution in [0.5, 0.6) is 0 Å². The Balaban J connectivity index is 0.910. The highest BCUT2D eigenvalue weighted by atomic mass is 32.1. The number of ether oxygens (including phenoxy) is 5. The lowest BCUT2D eigenvalue weighted by atomic mass is 10.1. The molecule has 0 aliphatic carbocycles. The predicted octanol–water partition coefficient (Wildman–Crippen LogP) is 13.2. The Morgan fingerprint density at radius 3 is 1.22 bits per heavy atom. The lowest BCUT2D eigenvalue weighted by Gasteiger charge is -2.05. The minimum Gasteiger partial charge on any atom is -0.379 e. The summed E-state index contributed by atoms with van der Waals surface area (Å²) < 4.78 is 27.9. The standard InChI is InChI=1S/C50H56O5S3/c1-3-5-30-52-35-36-53-31-28-45-22-24-47(56-45)43-18-14-41(15-19-43)12-10-39-6-8-40(9-7-39)11-13-42-16-20-44(21-17-42)48-26-27-50(58-48)49-25-23-46(57-49)29-32-54-37-38-55-34-33-51-4-2/h6-27H,3-5,28-38H2,1-2H3. The van der Waals surface area contributed by atoms with Crippen molar-refractivity contribution >= 4 is 58.3 Å². The fourth-order valence-corrected chi connectivity index (χ4v) is 9.14. The molecule has 6 rings (SSSR count). The van der Waals surface area contributed by atoms with E-state index in [9.17, 15) is 0 Å². The number of unbranched alkanes of at least 4 members (excludes halogenated alkanes) is 1. The molecule has 0 N–H and O–H groups in total. The van der Waals surface area contributed by atoms with Crippen molar-refractivity contribution in [2.24, 2.45) is 0 Å². The second-order valence-electron chi connectivity index (χ2n) is 13.8. The molecular weight excluding hydrogens is 777 g/mol. The smallest absolute Gasteiger partial charge is 0.0701 e. The van der Waals surface area contributed by atoms with Crippen molar-refractivity contribution in [2.75, 3.05) is 66.1 Å². The van der Waals surface area contributed by atoms with Gasteiger partial charge in [-0.05, 0) is 83.1 Å². The van der Waals surface area contributed by atoms with Gasteiger partial charge >= 0.3 is 0 Å². The zero-order valence-electron chi connectivity index (χ0n) is 33.9. The summed E-state index contributed by atoms with van der Waals surface area (Å²) in [6.45, 7) is 11.0. The van der Waals surface area contributed by atoms with Crippen LogP contribution in [-0.4, -0.2) is 66.1 Å². The minimum absolute atomic E-state index is 0.606. The van der Waals surface area contributed by atoms with E-state index in [0.717, 1.165) is 45.5 Å². The number of thiophene rings is 3. The van der Waals surface area contributed by atoms with Crippen LogP contribution < -0.4 is 0 Å².